The Bertz CT molecular complexity index is 214. The van der Waals surface area contributed by atoms with E-state index in [-0.39, 0.29) is 0 Å². The summed E-state index contributed by atoms with van der Waals surface area (Å²) in [5.41, 5.74) is 0. The number of hydrogen-bond acceptors (Lipinski definition) is 2. The zero-order valence-corrected chi connectivity index (χ0v) is 6.68. The minimum Gasteiger partial charge on any atom is -0.481 e. The van der Waals surface area contributed by atoms with Crippen LogP contribution in [0, 0.1) is 0 Å². The number of alkyl halides is 3. The Balaban J connectivity index is 4.00. The summed E-state index contributed by atoms with van der Waals surface area (Å²) < 4.78 is 34.8. The second-order valence-corrected chi connectivity index (χ2v) is 2.47. The Hall–Kier alpha value is -1.27. The number of carboxylic acids is 1. The third-order valence-electron chi connectivity index (χ3n) is 1.12. The molecule has 7 heteroatoms. The van der Waals surface area contributed by atoms with Gasteiger partial charge < -0.3 is 10.4 Å². The Morgan fingerprint density at radius 2 is 1.92 bits per heavy atom. The molecule has 0 radical (unpaired) electrons. The molecule has 0 unspecified atom stereocenters. The second kappa shape index (κ2) is 4.11. The molecule has 4 nitrogen and oxygen atoms in total. The van der Waals surface area contributed by atoms with Gasteiger partial charge in [0.1, 0.15) is 0 Å². The summed E-state index contributed by atoms with van der Waals surface area (Å²) in [4.78, 5) is 20.2. The Kier molecular flexibility index (Phi) is 3.70. The van der Waals surface area contributed by atoms with Crippen LogP contribution < -0.4 is 5.32 Å². The highest BCUT2D eigenvalue weighted by Gasteiger charge is 2.39. The smallest absolute Gasteiger partial charge is 0.471 e. The number of carboxylic acid groups (broad SMARTS) is 1. The third kappa shape index (κ3) is 5.05. The molecule has 0 aromatic heterocycles. The average Bonchev–Trinajstić information content (AvgIpc) is 1.82. The minimum atomic E-state index is -4.97. The molecule has 0 saturated carbocycles. The highest BCUT2D eigenvalue weighted by molar-refractivity contribution is 5.82. The molecule has 13 heavy (non-hydrogen) atoms. The molecule has 0 aromatic carbocycles. The van der Waals surface area contributed by atoms with Crippen molar-refractivity contribution in [1.29, 1.82) is 0 Å². The van der Waals surface area contributed by atoms with Crippen LogP contribution >= 0.6 is 0 Å². The van der Waals surface area contributed by atoms with Crippen LogP contribution in [0.3, 0.4) is 0 Å². The van der Waals surface area contributed by atoms with Gasteiger partial charge in [-0.25, -0.2) is 0 Å². The van der Waals surface area contributed by atoms with Crippen molar-refractivity contribution >= 4 is 11.9 Å². The summed E-state index contributed by atoms with van der Waals surface area (Å²) in [7, 11) is 0. The molecule has 0 aromatic rings. The summed E-state index contributed by atoms with van der Waals surface area (Å²) in [6, 6.07) is -1.04. The highest BCUT2D eigenvalue weighted by atomic mass is 19.4. The quantitative estimate of drug-likeness (QED) is 0.696. The topological polar surface area (TPSA) is 66.4 Å². The monoisotopic (exact) mass is 199 g/mol. The van der Waals surface area contributed by atoms with E-state index in [1.54, 1.807) is 0 Å². The molecule has 0 spiro atoms. The standard InChI is InChI=1S/C6H8F3NO3/c1-3(2-4(11)12)10-5(13)6(7,8)9/h3H,2H2,1H3,(H,10,13)(H,11,12)/t3-/m1/s1. The van der Waals surface area contributed by atoms with Crippen molar-refractivity contribution in [2.75, 3.05) is 0 Å². The van der Waals surface area contributed by atoms with Gasteiger partial charge in [0.25, 0.3) is 0 Å². The maximum atomic E-state index is 11.6. The highest BCUT2D eigenvalue weighted by Crippen LogP contribution is 2.14. The lowest BCUT2D eigenvalue weighted by Gasteiger charge is -2.12. The van der Waals surface area contributed by atoms with Gasteiger partial charge >= 0.3 is 18.1 Å². The SMILES string of the molecule is C[C@H](CC(=O)O)NC(=O)C(F)(F)F. The van der Waals surface area contributed by atoms with Gasteiger partial charge in [0.05, 0.1) is 6.42 Å². The van der Waals surface area contributed by atoms with Crippen LogP contribution in [0.25, 0.3) is 0 Å². The Labute approximate surface area is 71.7 Å². The maximum Gasteiger partial charge on any atom is 0.471 e. The van der Waals surface area contributed by atoms with Gasteiger partial charge in [-0.05, 0) is 6.92 Å². The van der Waals surface area contributed by atoms with Crippen LogP contribution in [0.1, 0.15) is 13.3 Å². The predicted molar refractivity (Wildman–Crippen MR) is 35.9 cm³/mol. The molecule has 0 aliphatic rings. The van der Waals surface area contributed by atoms with Gasteiger partial charge in [-0.3, -0.25) is 9.59 Å². The lowest BCUT2D eigenvalue weighted by atomic mass is 10.2. The van der Waals surface area contributed by atoms with Crippen molar-refractivity contribution in [2.24, 2.45) is 0 Å². The van der Waals surface area contributed by atoms with Crippen molar-refractivity contribution in [3.05, 3.63) is 0 Å². The van der Waals surface area contributed by atoms with Crippen LogP contribution in [-0.4, -0.2) is 29.2 Å². The van der Waals surface area contributed by atoms with Crippen molar-refractivity contribution < 1.29 is 27.9 Å². The summed E-state index contributed by atoms with van der Waals surface area (Å²) in [5.74, 6) is -3.39. The van der Waals surface area contributed by atoms with Gasteiger partial charge in [0.2, 0.25) is 0 Å². The van der Waals surface area contributed by atoms with Crippen LogP contribution in [0.5, 0.6) is 0 Å². The lowest BCUT2D eigenvalue weighted by Crippen LogP contribution is -2.42. The minimum absolute atomic E-state index is 0.540. The summed E-state index contributed by atoms with van der Waals surface area (Å²) in [5, 5.41) is 9.67. The molecule has 0 saturated heterocycles. The van der Waals surface area contributed by atoms with Gasteiger partial charge in [-0.15, -0.1) is 0 Å². The zero-order valence-electron chi connectivity index (χ0n) is 6.68. The molecule has 0 bridgehead atoms. The molecule has 1 atom stereocenters. The molecule has 0 rings (SSSR count). The third-order valence-corrected chi connectivity index (χ3v) is 1.12. The average molecular weight is 199 g/mol. The van der Waals surface area contributed by atoms with E-state index < -0.39 is 30.5 Å². The van der Waals surface area contributed by atoms with E-state index in [0.29, 0.717) is 0 Å². The van der Waals surface area contributed by atoms with E-state index in [4.69, 9.17) is 5.11 Å². The van der Waals surface area contributed by atoms with Crippen LogP contribution in [0.4, 0.5) is 13.2 Å². The van der Waals surface area contributed by atoms with E-state index in [2.05, 4.69) is 0 Å². The number of halogens is 3. The fourth-order valence-electron chi connectivity index (χ4n) is 0.619. The number of aliphatic carboxylic acids is 1. The fourth-order valence-corrected chi connectivity index (χ4v) is 0.619. The van der Waals surface area contributed by atoms with Gasteiger partial charge in [-0.2, -0.15) is 13.2 Å². The number of carbonyl (C=O) groups excluding carboxylic acids is 1. The van der Waals surface area contributed by atoms with Crippen molar-refractivity contribution in [3.63, 3.8) is 0 Å². The first-order valence-electron chi connectivity index (χ1n) is 3.33. The molecule has 0 aliphatic heterocycles. The van der Waals surface area contributed by atoms with E-state index in [0.717, 1.165) is 0 Å². The molecular weight excluding hydrogens is 191 g/mol. The van der Waals surface area contributed by atoms with E-state index in [1.165, 1.54) is 12.2 Å². The maximum absolute atomic E-state index is 11.6. The number of carbonyl (C=O) groups is 2. The normalized spacial score (nSPS) is 13.5. The Morgan fingerprint density at radius 3 is 2.23 bits per heavy atom. The molecule has 0 heterocycles. The first-order chi connectivity index (χ1) is 5.73. The molecule has 76 valence electrons. The van der Waals surface area contributed by atoms with Crippen molar-refractivity contribution in [2.45, 2.75) is 25.6 Å². The molecule has 0 fully saturated rings. The largest absolute Gasteiger partial charge is 0.481 e. The van der Waals surface area contributed by atoms with Crippen molar-refractivity contribution in [3.8, 4) is 0 Å². The fraction of sp³-hybridized carbons (Fsp3) is 0.667. The number of nitrogens with one attached hydrogen (secondary N) is 1. The zero-order chi connectivity index (χ0) is 10.6. The first-order valence-corrected chi connectivity index (χ1v) is 3.33. The van der Waals surface area contributed by atoms with Crippen LogP contribution in [-0.2, 0) is 9.59 Å². The number of rotatable bonds is 3. The lowest BCUT2D eigenvalue weighted by molar-refractivity contribution is -0.174. The van der Waals surface area contributed by atoms with Crippen LogP contribution in [0.15, 0.2) is 0 Å². The van der Waals surface area contributed by atoms with Crippen molar-refractivity contribution in [1.82, 2.24) is 5.32 Å². The Morgan fingerprint density at radius 1 is 1.46 bits per heavy atom. The van der Waals surface area contributed by atoms with E-state index >= 15 is 0 Å². The van der Waals surface area contributed by atoms with Crippen LogP contribution in [0.2, 0.25) is 0 Å². The number of amides is 1. The van der Waals surface area contributed by atoms with Gasteiger partial charge in [0.15, 0.2) is 0 Å². The predicted octanol–water partition coefficient (Wildman–Crippen LogP) is 0.528. The van der Waals surface area contributed by atoms with Gasteiger partial charge in [-0.1, -0.05) is 0 Å². The molecule has 0 aliphatic carbocycles. The first kappa shape index (κ1) is 11.7. The molecular formula is C6H8F3NO3. The number of hydrogen-bond donors (Lipinski definition) is 2. The summed E-state index contributed by atoms with van der Waals surface area (Å²) >= 11 is 0. The summed E-state index contributed by atoms with van der Waals surface area (Å²) in [6.07, 6.45) is -5.51. The molecule has 2 N–H and O–H groups in total. The van der Waals surface area contributed by atoms with Gasteiger partial charge in [0, 0.05) is 6.04 Å². The van der Waals surface area contributed by atoms with E-state index in [1.807, 2.05) is 0 Å². The molecule has 1 amide bonds. The summed E-state index contributed by atoms with van der Waals surface area (Å²) in [6.45, 7) is 1.18. The second-order valence-electron chi connectivity index (χ2n) is 2.47. The van der Waals surface area contributed by atoms with E-state index in [9.17, 15) is 22.8 Å².